The predicted octanol–water partition coefficient (Wildman–Crippen LogP) is 1.79. The highest BCUT2D eigenvalue weighted by molar-refractivity contribution is 5.97. The Bertz CT molecular complexity index is 752. The van der Waals surface area contributed by atoms with Gasteiger partial charge in [0.1, 0.15) is 12.2 Å². The minimum atomic E-state index is -0.443. The van der Waals surface area contributed by atoms with Crippen LogP contribution in [0.1, 0.15) is 21.7 Å². The van der Waals surface area contributed by atoms with Gasteiger partial charge in [-0.05, 0) is 25.1 Å². The number of carbonyl (C=O) groups is 1. The van der Waals surface area contributed by atoms with Crippen LogP contribution in [0, 0.1) is 6.92 Å². The molecule has 0 radical (unpaired) electrons. The molecule has 0 aliphatic rings. The fraction of sp³-hybridized carbons (Fsp3) is 0.143. The quantitative estimate of drug-likeness (QED) is 0.677. The van der Waals surface area contributed by atoms with Gasteiger partial charge in [-0.3, -0.25) is 4.98 Å². The molecule has 6 heteroatoms. The van der Waals surface area contributed by atoms with Crippen molar-refractivity contribution in [3.8, 4) is 0 Å². The summed E-state index contributed by atoms with van der Waals surface area (Å²) in [4.78, 5) is 20.4. The first-order valence-corrected chi connectivity index (χ1v) is 6.12. The molecule has 0 fully saturated rings. The van der Waals surface area contributed by atoms with E-state index in [4.69, 9.17) is 4.74 Å². The van der Waals surface area contributed by atoms with Gasteiger partial charge in [0, 0.05) is 18.6 Å². The summed E-state index contributed by atoms with van der Waals surface area (Å²) in [5, 5.41) is 4.23. The van der Waals surface area contributed by atoms with Gasteiger partial charge < -0.3 is 4.74 Å². The van der Waals surface area contributed by atoms with Crippen molar-refractivity contribution in [1.82, 2.24) is 19.6 Å². The van der Waals surface area contributed by atoms with Gasteiger partial charge in [-0.2, -0.15) is 5.10 Å². The first-order valence-electron chi connectivity index (χ1n) is 6.12. The van der Waals surface area contributed by atoms with Crippen LogP contribution in [0.25, 0.3) is 5.65 Å². The van der Waals surface area contributed by atoms with Crippen LogP contribution in [0.4, 0.5) is 0 Å². The van der Waals surface area contributed by atoms with Gasteiger partial charge in [-0.25, -0.2) is 14.3 Å². The van der Waals surface area contributed by atoms with E-state index in [-0.39, 0.29) is 6.61 Å². The molecule has 0 N–H and O–H groups in total. The average Bonchev–Trinajstić information content (AvgIpc) is 2.82. The van der Waals surface area contributed by atoms with Crippen LogP contribution in [0.2, 0.25) is 0 Å². The van der Waals surface area contributed by atoms with Crippen molar-refractivity contribution in [2.75, 3.05) is 0 Å². The Labute approximate surface area is 115 Å². The molecule has 3 rings (SSSR count). The molecule has 3 heterocycles. The number of nitrogens with zero attached hydrogens (tertiary/aromatic N) is 4. The molecule has 20 heavy (non-hydrogen) atoms. The Morgan fingerprint density at radius 1 is 1.25 bits per heavy atom. The Kier molecular flexibility index (Phi) is 3.12. The minimum Gasteiger partial charge on any atom is -0.455 e. The number of ether oxygens (including phenoxy) is 1. The highest BCUT2D eigenvalue weighted by Gasteiger charge is 2.19. The zero-order valence-electron chi connectivity index (χ0n) is 10.9. The summed E-state index contributed by atoms with van der Waals surface area (Å²) in [7, 11) is 0. The fourth-order valence-corrected chi connectivity index (χ4v) is 1.93. The molecule has 0 spiro atoms. The van der Waals surface area contributed by atoms with Gasteiger partial charge in [-0.15, -0.1) is 0 Å². The maximum Gasteiger partial charge on any atom is 0.344 e. The van der Waals surface area contributed by atoms with Crippen LogP contribution in [0.15, 0.2) is 42.9 Å². The van der Waals surface area contributed by atoms with Crippen LogP contribution in [0.5, 0.6) is 0 Å². The number of hydrogen-bond acceptors (Lipinski definition) is 5. The average molecular weight is 268 g/mol. The molecule has 0 aliphatic heterocycles. The normalized spacial score (nSPS) is 10.7. The lowest BCUT2D eigenvalue weighted by Gasteiger charge is -2.03. The van der Waals surface area contributed by atoms with Gasteiger partial charge in [0.05, 0.1) is 11.4 Å². The van der Waals surface area contributed by atoms with Crippen molar-refractivity contribution in [1.29, 1.82) is 0 Å². The second-order valence-corrected chi connectivity index (χ2v) is 4.25. The lowest BCUT2D eigenvalue weighted by molar-refractivity contribution is 0.0469. The maximum absolute atomic E-state index is 12.2. The van der Waals surface area contributed by atoms with Gasteiger partial charge in [0.15, 0.2) is 5.65 Å². The second kappa shape index (κ2) is 5.08. The van der Waals surface area contributed by atoms with E-state index in [0.717, 1.165) is 0 Å². The Morgan fingerprint density at radius 3 is 2.90 bits per heavy atom. The Morgan fingerprint density at radius 2 is 2.10 bits per heavy atom. The highest BCUT2D eigenvalue weighted by atomic mass is 16.5. The molecule has 100 valence electrons. The predicted molar refractivity (Wildman–Crippen MR) is 71.1 cm³/mol. The Balaban J connectivity index is 1.84. The molecule has 0 saturated heterocycles. The van der Waals surface area contributed by atoms with Gasteiger partial charge in [0.2, 0.25) is 0 Å². The van der Waals surface area contributed by atoms with Gasteiger partial charge >= 0.3 is 5.97 Å². The minimum absolute atomic E-state index is 0.128. The molecule has 3 aromatic rings. The standard InChI is InChI=1S/C14H12N4O2/c1-10-12(13-16-7-4-8-18(13)17-10)14(19)20-9-11-5-2-3-6-15-11/h2-8H,9H2,1H3. The summed E-state index contributed by atoms with van der Waals surface area (Å²) < 4.78 is 6.83. The molecule has 0 amide bonds. The number of hydrogen-bond donors (Lipinski definition) is 0. The lowest BCUT2D eigenvalue weighted by Crippen LogP contribution is -2.07. The first-order chi connectivity index (χ1) is 9.75. The van der Waals surface area contributed by atoms with Crippen LogP contribution in [0.3, 0.4) is 0 Å². The van der Waals surface area contributed by atoms with Crippen molar-refractivity contribution in [2.24, 2.45) is 0 Å². The smallest absolute Gasteiger partial charge is 0.344 e. The van der Waals surface area contributed by atoms with E-state index in [2.05, 4.69) is 15.1 Å². The largest absolute Gasteiger partial charge is 0.455 e. The van der Waals surface area contributed by atoms with Crippen LogP contribution in [-0.2, 0) is 11.3 Å². The first kappa shape index (κ1) is 12.3. The third-order valence-corrected chi connectivity index (χ3v) is 2.85. The molecule has 0 aromatic carbocycles. The monoisotopic (exact) mass is 268 g/mol. The molecule has 0 aliphatic carbocycles. The van der Waals surface area contributed by atoms with E-state index in [0.29, 0.717) is 22.6 Å². The number of esters is 1. The molecule has 3 aromatic heterocycles. The molecule has 6 nitrogen and oxygen atoms in total. The van der Waals surface area contributed by atoms with E-state index in [1.54, 1.807) is 42.2 Å². The summed E-state index contributed by atoms with van der Waals surface area (Å²) in [6.45, 7) is 1.88. The molecular formula is C14H12N4O2. The Hall–Kier alpha value is -2.76. The maximum atomic E-state index is 12.2. The molecular weight excluding hydrogens is 256 g/mol. The van der Waals surface area contributed by atoms with E-state index in [1.807, 2.05) is 12.1 Å². The number of pyridine rings is 1. The SMILES string of the molecule is Cc1nn2cccnc2c1C(=O)OCc1ccccn1. The van der Waals surface area contributed by atoms with Crippen molar-refractivity contribution in [3.05, 3.63) is 59.8 Å². The lowest BCUT2D eigenvalue weighted by atomic mass is 10.2. The van der Waals surface area contributed by atoms with E-state index >= 15 is 0 Å². The van der Waals surface area contributed by atoms with Gasteiger partial charge in [0.25, 0.3) is 0 Å². The number of carbonyl (C=O) groups excluding carboxylic acids is 1. The molecule has 0 bridgehead atoms. The summed E-state index contributed by atoms with van der Waals surface area (Å²) in [6, 6.07) is 7.21. The number of fused-ring (bicyclic) bond motifs is 1. The molecule has 0 unspecified atom stereocenters. The summed E-state index contributed by atoms with van der Waals surface area (Å²) in [6.07, 6.45) is 5.02. The molecule has 0 atom stereocenters. The zero-order valence-corrected chi connectivity index (χ0v) is 10.9. The van der Waals surface area contributed by atoms with Crippen molar-refractivity contribution in [2.45, 2.75) is 13.5 Å². The number of aromatic nitrogens is 4. The summed E-state index contributed by atoms with van der Waals surface area (Å²) in [5.41, 5.74) is 2.18. The van der Waals surface area contributed by atoms with E-state index in [1.165, 1.54) is 0 Å². The van der Waals surface area contributed by atoms with Crippen LogP contribution >= 0.6 is 0 Å². The fourth-order valence-electron chi connectivity index (χ4n) is 1.93. The summed E-state index contributed by atoms with van der Waals surface area (Å²) in [5.74, 6) is -0.443. The third-order valence-electron chi connectivity index (χ3n) is 2.85. The van der Waals surface area contributed by atoms with Crippen molar-refractivity contribution in [3.63, 3.8) is 0 Å². The van der Waals surface area contributed by atoms with Gasteiger partial charge in [-0.1, -0.05) is 6.07 Å². The third kappa shape index (κ3) is 2.23. The van der Waals surface area contributed by atoms with E-state index < -0.39 is 5.97 Å². The topological polar surface area (TPSA) is 69.4 Å². The molecule has 0 saturated carbocycles. The van der Waals surface area contributed by atoms with Crippen molar-refractivity contribution >= 4 is 11.6 Å². The van der Waals surface area contributed by atoms with Crippen LogP contribution in [-0.4, -0.2) is 25.6 Å². The van der Waals surface area contributed by atoms with Crippen molar-refractivity contribution < 1.29 is 9.53 Å². The number of aryl methyl sites for hydroxylation is 1. The second-order valence-electron chi connectivity index (χ2n) is 4.25. The summed E-state index contributed by atoms with van der Waals surface area (Å²) >= 11 is 0. The van der Waals surface area contributed by atoms with E-state index in [9.17, 15) is 4.79 Å². The highest BCUT2D eigenvalue weighted by Crippen LogP contribution is 2.14. The zero-order chi connectivity index (χ0) is 13.9. The van der Waals surface area contributed by atoms with Crippen LogP contribution < -0.4 is 0 Å². The number of rotatable bonds is 3.